The number of carbonyl (C=O) groups is 1. The van der Waals surface area contributed by atoms with Crippen LogP contribution in [0.4, 0.5) is 0 Å². The highest BCUT2D eigenvalue weighted by Gasteiger charge is 2.34. The molecule has 1 saturated heterocycles. The van der Waals surface area contributed by atoms with Crippen LogP contribution in [0.5, 0.6) is 0 Å². The number of hydrogen-bond acceptors (Lipinski definition) is 3. The van der Waals surface area contributed by atoms with Crippen molar-refractivity contribution in [3.05, 3.63) is 34.2 Å². The summed E-state index contributed by atoms with van der Waals surface area (Å²) in [6, 6.07) is 7.66. The number of rotatable bonds is 3. The second kappa shape index (κ2) is 5.95. The number of nitrogens with zero attached hydrogens (tertiary/aromatic N) is 1. The first-order valence-electron chi connectivity index (χ1n) is 7.20. The molecule has 3 nitrogen and oxygen atoms in total. The highest BCUT2D eigenvalue weighted by atomic mass is 35.5. The summed E-state index contributed by atoms with van der Waals surface area (Å²) < 4.78 is 1.16. The van der Waals surface area contributed by atoms with E-state index in [4.69, 9.17) is 11.6 Å². The number of aliphatic carboxylic acids is 1. The maximum atomic E-state index is 11.6. The molecule has 1 aromatic carbocycles. The zero-order chi connectivity index (χ0) is 15.0. The van der Waals surface area contributed by atoms with E-state index < -0.39 is 12.0 Å². The van der Waals surface area contributed by atoms with Gasteiger partial charge in [0.05, 0.1) is 5.02 Å². The molecule has 5 heteroatoms. The molecule has 2 heterocycles. The molecule has 0 spiro atoms. The highest BCUT2D eigenvalue weighted by Crippen LogP contribution is 2.37. The Labute approximate surface area is 133 Å². The molecule has 21 heavy (non-hydrogen) atoms. The quantitative estimate of drug-likeness (QED) is 0.918. The van der Waals surface area contributed by atoms with Gasteiger partial charge in [-0.1, -0.05) is 36.7 Å². The molecule has 112 valence electrons. The first-order valence-corrected chi connectivity index (χ1v) is 8.40. The van der Waals surface area contributed by atoms with Gasteiger partial charge in [-0.15, -0.1) is 11.3 Å². The van der Waals surface area contributed by atoms with Crippen LogP contribution in [0.1, 0.15) is 24.6 Å². The number of hydrogen-bond donors (Lipinski definition) is 1. The van der Waals surface area contributed by atoms with Gasteiger partial charge in [-0.25, -0.2) is 0 Å². The molecule has 0 radical (unpaired) electrons. The van der Waals surface area contributed by atoms with E-state index in [2.05, 4.69) is 11.0 Å². The molecule has 1 aromatic heterocycles. The number of fused-ring (bicyclic) bond motifs is 1. The van der Waals surface area contributed by atoms with Crippen molar-refractivity contribution in [1.29, 1.82) is 0 Å². The minimum absolute atomic E-state index is 0.185. The van der Waals surface area contributed by atoms with Gasteiger partial charge >= 0.3 is 5.97 Å². The van der Waals surface area contributed by atoms with E-state index in [1.54, 1.807) is 11.3 Å². The summed E-state index contributed by atoms with van der Waals surface area (Å²) in [5, 5.41) is 11.3. The fourth-order valence-electron chi connectivity index (χ4n) is 3.20. The van der Waals surface area contributed by atoms with Crippen molar-refractivity contribution >= 4 is 39.0 Å². The molecule has 0 bridgehead atoms. The van der Waals surface area contributed by atoms with Gasteiger partial charge in [0.1, 0.15) is 6.04 Å². The average molecular weight is 324 g/mol. The predicted molar refractivity (Wildman–Crippen MR) is 87.1 cm³/mol. The Balaban J connectivity index is 1.89. The Bertz CT molecular complexity index is 669. The molecule has 2 unspecified atom stereocenters. The van der Waals surface area contributed by atoms with Crippen molar-refractivity contribution in [1.82, 2.24) is 4.90 Å². The van der Waals surface area contributed by atoms with Gasteiger partial charge in [0.15, 0.2) is 0 Å². The van der Waals surface area contributed by atoms with Crippen LogP contribution in [-0.2, 0) is 11.3 Å². The molecule has 1 fully saturated rings. The summed E-state index contributed by atoms with van der Waals surface area (Å²) in [6.07, 6.45) is 2.03. The van der Waals surface area contributed by atoms with Gasteiger partial charge in [-0.3, -0.25) is 9.69 Å². The van der Waals surface area contributed by atoms with E-state index in [1.807, 2.05) is 25.1 Å². The molecule has 1 aliphatic heterocycles. The van der Waals surface area contributed by atoms with Gasteiger partial charge in [0, 0.05) is 21.5 Å². The van der Waals surface area contributed by atoms with Gasteiger partial charge < -0.3 is 5.11 Å². The van der Waals surface area contributed by atoms with Gasteiger partial charge in [-0.05, 0) is 31.4 Å². The zero-order valence-electron chi connectivity index (χ0n) is 11.9. The molecule has 1 aliphatic rings. The third kappa shape index (κ3) is 2.80. The van der Waals surface area contributed by atoms with Crippen LogP contribution in [0.15, 0.2) is 24.3 Å². The highest BCUT2D eigenvalue weighted by molar-refractivity contribution is 7.19. The van der Waals surface area contributed by atoms with Crippen molar-refractivity contribution in [2.75, 3.05) is 6.54 Å². The lowest BCUT2D eigenvalue weighted by Crippen LogP contribution is -2.48. The smallest absolute Gasteiger partial charge is 0.321 e. The average Bonchev–Trinajstić information content (AvgIpc) is 2.76. The van der Waals surface area contributed by atoms with Crippen LogP contribution < -0.4 is 0 Å². The molecular weight excluding hydrogens is 306 g/mol. The second-order valence-electron chi connectivity index (χ2n) is 5.71. The Morgan fingerprint density at radius 2 is 2.24 bits per heavy atom. The first-order chi connectivity index (χ1) is 10.1. The summed E-state index contributed by atoms with van der Waals surface area (Å²) in [6.45, 7) is 3.48. The minimum atomic E-state index is -0.723. The fraction of sp³-hybridized carbons (Fsp3) is 0.438. The number of benzene rings is 1. The summed E-state index contributed by atoms with van der Waals surface area (Å²) in [5.74, 6) is -0.538. The molecular formula is C16H18ClNO2S. The standard InChI is InChI=1S/C16H18ClNO2S/c1-10-5-4-8-18(15(10)16(19)20)9-13-14(17)11-6-2-3-7-12(11)21-13/h2-3,6-7,10,15H,4-5,8-9H2,1H3,(H,19,20). The lowest BCUT2D eigenvalue weighted by atomic mass is 9.91. The van der Waals surface area contributed by atoms with Crippen molar-refractivity contribution in [3.8, 4) is 0 Å². The number of carboxylic acids is 1. The summed E-state index contributed by atoms with van der Waals surface area (Å²) >= 11 is 8.14. The number of carboxylic acid groups (broad SMARTS) is 1. The van der Waals surface area contributed by atoms with Crippen LogP contribution >= 0.6 is 22.9 Å². The fourth-order valence-corrected chi connectivity index (χ4v) is 4.72. The lowest BCUT2D eigenvalue weighted by molar-refractivity contribution is -0.147. The number of halogens is 1. The van der Waals surface area contributed by atoms with Crippen molar-refractivity contribution < 1.29 is 9.90 Å². The number of thiophene rings is 1. The van der Waals surface area contributed by atoms with Crippen LogP contribution in [-0.4, -0.2) is 28.6 Å². The normalized spacial score (nSPS) is 23.5. The second-order valence-corrected chi connectivity index (χ2v) is 7.22. The van der Waals surface area contributed by atoms with E-state index >= 15 is 0 Å². The SMILES string of the molecule is CC1CCCN(Cc2sc3ccccc3c2Cl)C1C(=O)O. The third-order valence-corrected chi connectivity index (χ3v) is 5.94. The van der Waals surface area contributed by atoms with Crippen LogP contribution in [0.2, 0.25) is 5.02 Å². The molecule has 0 amide bonds. The summed E-state index contributed by atoms with van der Waals surface area (Å²) in [7, 11) is 0. The minimum Gasteiger partial charge on any atom is -0.480 e. The number of piperidine rings is 1. The molecule has 0 saturated carbocycles. The van der Waals surface area contributed by atoms with Gasteiger partial charge in [0.25, 0.3) is 0 Å². The maximum Gasteiger partial charge on any atom is 0.321 e. The van der Waals surface area contributed by atoms with Crippen molar-refractivity contribution in [2.24, 2.45) is 5.92 Å². The van der Waals surface area contributed by atoms with Crippen LogP contribution in [0.25, 0.3) is 10.1 Å². The maximum absolute atomic E-state index is 11.6. The third-order valence-electron chi connectivity index (χ3n) is 4.24. The summed E-state index contributed by atoms with van der Waals surface area (Å²) in [5.41, 5.74) is 0. The van der Waals surface area contributed by atoms with Crippen molar-refractivity contribution in [2.45, 2.75) is 32.4 Å². The molecule has 3 rings (SSSR count). The Kier molecular flexibility index (Phi) is 4.20. The molecule has 1 N–H and O–H groups in total. The predicted octanol–water partition coefficient (Wildman–Crippen LogP) is 4.24. The van der Waals surface area contributed by atoms with Crippen LogP contribution in [0.3, 0.4) is 0 Å². The molecule has 0 aliphatic carbocycles. The van der Waals surface area contributed by atoms with E-state index in [9.17, 15) is 9.90 Å². The topological polar surface area (TPSA) is 40.5 Å². The summed E-state index contributed by atoms with van der Waals surface area (Å²) in [4.78, 5) is 14.7. The van der Waals surface area contributed by atoms with E-state index in [-0.39, 0.29) is 5.92 Å². The van der Waals surface area contributed by atoms with E-state index in [1.165, 1.54) is 0 Å². The van der Waals surface area contributed by atoms with Crippen molar-refractivity contribution in [3.63, 3.8) is 0 Å². The van der Waals surface area contributed by atoms with E-state index in [0.717, 1.165) is 39.4 Å². The zero-order valence-corrected chi connectivity index (χ0v) is 13.5. The molecule has 2 aromatic rings. The monoisotopic (exact) mass is 323 g/mol. The van der Waals surface area contributed by atoms with Gasteiger partial charge in [-0.2, -0.15) is 0 Å². The first kappa shape index (κ1) is 14.8. The Hall–Kier alpha value is -1.10. The Morgan fingerprint density at radius 1 is 1.48 bits per heavy atom. The lowest BCUT2D eigenvalue weighted by Gasteiger charge is -2.37. The largest absolute Gasteiger partial charge is 0.480 e. The van der Waals surface area contributed by atoms with Crippen LogP contribution in [0, 0.1) is 5.92 Å². The molecule has 2 atom stereocenters. The van der Waals surface area contributed by atoms with E-state index in [0.29, 0.717) is 6.54 Å². The number of likely N-dealkylation sites (tertiary alicyclic amines) is 1. The Morgan fingerprint density at radius 3 is 2.95 bits per heavy atom. The van der Waals surface area contributed by atoms with Gasteiger partial charge in [0.2, 0.25) is 0 Å².